The van der Waals surface area contributed by atoms with Crippen molar-refractivity contribution >= 4 is 5.97 Å². The fourth-order valence-electron chi connectivity index (χ4n) is 4.70. The number of hydrogen-bond donors (Lipinski definition) is 4. The van der Waals surface area contributed by atoms with Gasteiger partial charge >= 0.3 is 5.97 Å². The minimum Gasteiger partial charge on any atom is -0.481 e. The van der Waals surface area contributed by atoms with Crippen molar-refractivity contribution in [3.8, 4) is 0 Å². The second-order valence-corrected chi connectivity index (χ2v) is 7.91. The summed E-state index contributed by atoms with van der Waals surface area (Å²) in [7, 11) is 0. The smallest absolute Gasteiger partial charge is 0.305 e. The number of hydrogen-bond acceptors (Lipinski definition) is 5. The molecule has 0 bridgehead atoms. The molecule has 2 saturated carbocycles. The number of hydroxylamine groups is 1. The molecule has 0 aliphatic heterocycles. The van der Waals surface area contributed by atoms with E-state index in [-0.39, 0.29) is 37.1 Å². The standard InChI is InChI=1S/C19H31NO5/c21-17(12-4-2-1-3-5-12)7-6-13-10-14-15(19(13)24)11-16(14)20-25-9-8-18(22)23/h12-13,15,17,19-21,24H,1-11H2,(H,22,23). The summed E-state index contributed by atoms with van der Waals surface area (Å²) >= 11 is 0. The van der Waals surface area contributed by atoms with Crippen LogP contribution in [0.25, 0.3) is 0 Å². The highest BCUT2D eigenvalue weighted by molar-refractivity contribution is 5.66. The van der Waals surface area contributed by atoms with E-state index < -0.39 is 5.97 Å². The van der Waals surface area contributed by atoms with E-state index in [1.807, 2.05) is 0 Å². The molecule has 0 saturated heterocycles. The summed E-state index contributed by atoms with van der Waals surface area (Å²) in [6.07, 6.45) is 8.76. The predicted octanol–water partition coefficient (Wildman–Crippen LogP) is 2.36. The van der Waals surface area contributed by atoms with Gasteiger partial charge in [0.15, 0.2) is 0 Å². The van der Waals surface area contributed by atoms with Crippen LogP contribution in [0.15, 0.2) is 11.3 Å². The van der Waals surface area contributed by atoms with Gasteiger partial charge in [-0.15, -0.1) is 0 Å². The van der Waals surface area contributed by atoms with Crippen molar-refractivity contribution in [2.24, 2.45) is 17.8 Å². The number of carbonyl (C=O) groups is 1. The summed E-state index contributed by atoms with van der Waals surface area (Å²) in [5.41, 5.74) is 5.09. The van der Waals surface area contributed by atoms with Gasteiger partial charge in [-0.25, -0.2) is 0 Å². The average Bonchev–Trinajstić information content (AvgIpc) is 2.83. The zero-order valence-electron chi connectivity index (χ0n) is 14.8. The van der Waals surface area contributed by atoms with Crippen LogP contribution in [0.2, 0.25) is 0 Å². The molecule has 0 aromatic rings. The van der Waals surface area contributed by atoms with Crippen molar-refractivity contribution in [3.63, 3.8) is 0 Å². The van der Waals surface area contributed by atoms with Gasteiger partial charge in [0.25, 0.3) is 0 Å². The Kier molecular flexibility index (Phi) is 6.36. The normalized spacial score (nSPS) is 30.7. The van der Waals surface area contributed by atoms with E-state index in [0.717, 1.165) is 44.2 Å². The van der Waals surface area contributed by atoms with Crippen LogP contribution in [0.4, 0.5) is 0 Å². The molecule has 6 heteroatoms. The number of nitrogens with one attached hydrogen (secondary N) is 1. The molecule has 0 spiro atoms. The van der Waals surface area contributed by atoms with Gasteiger partial charge in [-0.3, -0.25) is 15.1 Å². The van der Waals surface area contributed by atoms with Crippen molar-refractivity contribution in [1.29, 1.82) is 0 Å². The molecule has 0 aromatic carbocycles. The molecule has 0 radical (unpaired) electrons. The third-order valence-corrected chi connectivity index (χ3v) is 6.28. The molecule has 2 fully saturated rings. The predicted molar refractivity (Wildman–Crippen MR) is 92.4 cm³/mol. The summed E-state index contributed by atoms with van der Waals surface area (Å²) < 4.78 is 0. The molecule has 4 atom stereocenters. The van der Waals surface area contributed by atoms with Gasteiger partial charge in [-0.2, -0.15) is 0 Å². The summed E-state index contributed by atoms with van der Waals surface area (Å²) in [5, 5.41) is 29.5. The number of fused-ring (bicyclic) bond motifs is 1. The fourth-order valence-corrected chi connectivity index (χ4v) is 4.70. The topological polar surface area (TPSA) is 99.0 Å². The number of aliphatic hydroxyl groups is 2. The van der Waals surface area contributed by atoms with Crippen molar-refractivity contribution in [1.82, 2.24) is 5.48 Å². The van der Waals surface area contributed by atoms with Crippen LogP contribution < -0.4 is 5.48 Å². The highest BCUT2D eigenvalue weighted by atomic mass is 16.6. The highest BCUT2D eigenvalue weighted by Gasteiger charge is 2.45. The highest BCUT2D eigenvalue weighted by Crippen LogP contribution is 2.49. The second kappa shape index (κ2) is 8.52. The number of carboxylic acids is 1. The molecule has 142 valence electrons. The van der Waals surface area contributed by atoms with Crippen molar-refractivity contribution < 1.29 is 25.0 Å². The maximum atomic E-state index is 10.5. The Morgan fingerprint density at radius 3 is 2.72 bits per heavy atom. The number of aliphatic carboxylic acids is 1. The monoisotopic (exact) mass is 353 g/mol. The Balaban J connectivity index is 1.42. The second-order valence-electron chi connectivity index (χ2n) is 7.91. The van der Waals surface area contributed by atoms with Gasteiger partial charge in [0.2, 0.25) is 0 Å². The maximum absolute atomic E-state index is 10.5. The Bertz CT molecular complexity index is 500. The van der Waals surface area contributed by atoms with Gasteiger partial charge < -0.3 is 15.3 Å². The van der Waals surface area contributed by atoms with E-state index >= 15 is 0 Å². The Morgan fingerprint density at radius 1 is 1.24 bits per heavy atom. The van der Waals surface area contributed by atoms with Crippen LogP contribution in [0.3, 0.4) is 0 Å². The molecule has 0 amide bonds. The van der Waals surface area contributed by atoms with Crippen LogP contribution in [0.5, 0.6) is 0 Å². The minimum atomic E-state index is -0.876. The van der Waals surface area contributed by atoms with Crippen molar-refractivity contribution in [2.45, 2.75) is 76.4 Å². The van der Waals surface area contributed by atoms with Crippen LogP contribution in [0.1, 0.15) is 64.2 Å². The Hall–Kier alpha value is -1.11. The first-order chi connectivity index (χ1) is 12.1. The average molecular weight is 353 g/mol. The molecule has 0 aromatic heterocycles. The van der Waals surface area contributed by atoms with Crippen LogP contribution in [-0.2, 0) is 9.63 Å². The lowest BCUT2D eigenvalue weighted by molar-refractivity contribution is -0.138. The van der Waals surface area contributed by atoms with E-state index in [1.54, 1.807) is 0 Å². The summed E-state index contributed by atoms with van der Waals surface area (Å²) in [6, 6.07) is 0. The third kappa shape index (κ3) is 4.54. The minimum absolute atomic E-state index is 0.0245. The summed E-state index contributed by atoms with van der Waals surface area (Å²) in [6.45, 7) is 0.135. The van der Waals surface area contributed by atoms with Crippen LogP contribution >= 0.6 is 0 Å². The lowest BCUT2D eigenvalue weighted by Gasteiger charge is -2.31. The fraction of sp³-hybridized carbons (Fsp3) is 0.842. The zero-order valence-corrected chi connectivity index (χ0v) is 14.8. The van der Waals surface area contributed by atoms with E-state index in [0.29, 0.717) is 5.92 Å². The van der Waals surface area contributed by atoms with E-state index in [1.165, 1.54) is 24.8 Å². The molecule has 3 aliphatic rings. The van der Waals surface area contributed by atoms with Gasteiger partial charge in [-0.05, 0) is 55.9 Å². The third-order valence-electron chi connectivity index (χ3n) is 6.28. The van der Waals surface area contributed by atoms with Gasteiger partial charge in [0, 0.05) is 11.6 Å². The molecule has 3 aliphatic carbocycles. The van der Waals surface area contributed by atoms with E-state index in [2.05, 4.69) is 5.48 Å². The zero-order chi connectivity index (χ0) is 17.8. The first-order valence-electron chi connectivity index (χ1n) is 9.74. The van der Waals surface area contributed by atoms with Crippen LogP contribution in [-0.4, -0.2) is 40.1 Å². The number of carboxylic acid groups (broad SMARTS) is 1. The number of rotatable bonds is 9. The molecule has 0 heterocycles. The molecule has 25 heavy (non-hydrogen) atoms. The largest absolute Gasteiger partial charge is 0.481 e. The lowest BCUT2D eigenvalue weighted by atomic mass is 9.82. The number of allylic oxidation sites excluding steroid dienone is 1. The van der Waals surface area contributed by atoms with Crippen molar-refractivity contribution in [2.75, 3.05) is 6.61 Å². The number of aliphatic hydroxyl groups excluding tert-OH is 2. The van der Waals surface area contributed by atoms with Gasteiger partial charge in [-0.1, -0.05) is 19.3 Å². The van der Waals surface area contributed by atoms with E-state index in [9.17, 15) is 15.0 Å². The Labute approximate surface area is 149 Å². The molecular weight excluding hydrogens is 322 g/mol. The first kappa shape index (κ1) is 18.7. The first-order valence-corrected chi connectivity index (χ1v) is 9.74. The summed E-state index contributed by atoms with van der Waals surface area (Å²) in [4.78, 5) is 15.7. The van der Waals surface area contributed by atoms with E-state index in [4.69, 9.17) is 9.94 Å². The van der Waals surface area contributed by atoms with Crippen molar-refractivity contribution in [3.05, 3.63) is 11.3 Å². The lowest BCUT2D eigenvalue weighted by Crippen LogP contribution is -2.32. The SMILES string of the molecule is O=C(O)CCONC1=C2CC(CCC(O)C3CCCCC3)C(O)C2C1. The Morgan fingerprint density at radius 2 is 2.00 bits per heavy atom. The molecule has 6 nitrogen and oxygen atoms in total. The summed E-state index contributed by atoms with van der Waals surface area (Å²) in [5.74, 6) is 0.000804. The molecular formula is C19H31NO5. The van der Waals surface area contributed by atoms with Gasteiger partial charge in [0.1, 0.15) is 0 Å². The molecule has 4 unspecified atom stereocenters. The van der Waals surface area contributed by atoms with Gasteiger partial charge in [0.05, 0.1) is 25.2 Å². The maximum Gasteiger partial charge on any atom is 0.305 e. The quantitative estimate of drug-likeness (QED) is 0.375. The molecule has 3 rings (SSSR count). The molecule has 4 N–H and O–H groups in total. The van der Waals surface area contributed by atoms with Crippen LogP contribution in [0, 0.1) is 17.8 Å².